The van der Waals surface area contributed by atoms with Gasteiger partial charge in [0.1, 0.15) is 0 Å². The van der Waals surface area contributed by atoms with Crippen LogP contribution in [-0.2, 0) is 0 Å². The molecule has 0 aromatic heterocycles. The van der Waals surface area contributed by atoms with E-state index in [0.29, 0.717) is 17.7 Å². The number of rotatable bonds is 5. The lowest BCUT2D eigenvalue weighted by Crippen LogP contribution is -2.35. The van der Waals surface area contributed by atoms with Gasteiger partial charge in [-0.25, -0.2) is 0 Å². The van der Waals surface area contributed by atoms with E-state index in [2.05, 4.69) is 12.2 Å². The lowest BCUT2D eigenvalue weighted by Gasteiger charge is -2.24. The molecule has 1 aromatic rings. The Hall–Kier alpha value is -1.26. The monoisotopic (exact) mass is 265 g/mol. The maximum atomic E-state index is 9.60. The fourth-order valence-corrected chi connectivity index (χ4v) is 2.86. The molecule has 0 saturated heterocycles. The van der Waals surface area contributed by atoms with Crippen molar-refractivity contribution in [3.8, 4) is 11.5 Å². The molecule has 4 nitrogen and oxygen atoms in total. The Labute approximate surface area is 114 Å². The van der Waals surface area contributed by atoms with Gasteiger partial charge in [-0.3, -0.25) is 0 Å². The van der Waals surface area contributed by atoms with Crippen LogP contribution in [0.15, 0.2) is 18.2 Å². The van der Waals surface area contributed by atoms with Crippen molar-refractivity contribution in [2.75, 3.05) is 13.7 Å². The Morgan fingerprint density at radius 2 is 2.21 bits per heavy atom. The largest absolute Gasteiger partial charge is 0.504 e. The van der Waals surface area contributed by atoms with Crippen LogP contribution < -0.4 is 10.1 Å². The highest BCUT2D eigenvalue weighted by atomic mass is 16.5. The molecular formula is C15H23NO3. The van der Waals surface area contributed by atoms with Crippen molar-refractivity contribution in [2.45, 2.75) is 38.3 Å². The molecule has 1 aromatic carbocycles. The average Bonchev–Trinajstić information content (AvgIpc) is 2.86. The van der Waals surface area contributed by atoms with Gasteiger partial charge in [0.2, 0.25) is 0 Å². The number of phenolic OH excluding ortho intramolecular Hbond substituents is 1. The minimum absolute atomic E-state index is 0.160. The lowest BCUT2D eigenvalue weighted by molar-refractivity contribution is 0.200. The van der Waals surface area contributed by atoms with E-state index >= 15 is 0 Å². The minimum atomic E-state index is 0.160. The average molecular weight is 265 g/mol. The van der Waals surface area contributed by atoms with Crippen molar-refractivity contribution < 1.29 is 14.9 Å². The molecule has 1 fully saturated rings. The zero-order valence-electron chi connectivity index (χ0n) is 11.6. The molecule has 4 heteroatoms. The van der Waals surface area contributed by atoms with Gasteiger partial charge in [-0.2, -0.15) is 0 Å². The molecule has 0 spiro atoms. The summed E-state index contributed by atoms with van der Waals surface area (Å²) in [4.78, 5) is 0. The summed E-state index contributed by atoms with van der Waals surface area (Å²) in [6.45, 7) is 2.35. The first-order valence-electron chi connectivity index (χ1n) is 6.89. The van der Waals surface area contributed by atoms with E-state index in [1.807, 2.05) is 12.1 Å². The fourth-order valence-electron chi connectivity index (χ4n) is 2.86. The number of benzene rings is 1. The van der Waals surface area contributed by atoms with Gasteiger partial charge in [0.25, 0.3) is 0 Å². The molecule has 19 heavy (non-hydrogen) atoms. The molecule has 3 atom stereocenters. The van der Waals surface area contributed by atoms with Crippen LogP contribution in [0.5, 0.6) is 11.5 Å². The Kier molecular flexibility index (Phi) is 4.66. The van der Waals surface area contributed by atoms with Gasteiger partial charge in [0.15, 0.2) is 11.5 Å². The third-order valence-electron chi connectivity index (χ3n) is 4.06. The van der Waals surface area contributed by atoms with Gasteiger partial charge in [0, 0.05) is 18.7 Å². The number of aliphatic hydroxyl groups excluding tert-OH is 1. The topological polar surface area (TPSA) is 61.7 Å². The van der Waals surface area contributed by atoms with E-state index < -0.39 is 0 Å². The van der Waals surface area contributed by atoms with E-state index in [4.69, 9.17) is 4.74 Å². The lowest BCUT2D eigenvalue weighted by atomic mass is 10.0. The maximum Gasteiger partial charge on any atom is 0.160 e. The predicted molar refractivity (Wildman–Crippen MR) is 74.4 cm³/mol. The van der Waals surface area contributed by atoms with Crippen LogP contribution in [0.25, 0.3) is 0 Å². The van der Waals surface area contributed by atoms with Crippen molar-refractivity contribution in [1.82, 2.24) is 5.32 Å². The second kappa shape index (κ2) is 6.26. The number of aliphatic hydroxyl groups is 1. The molecule has 0 amide bonds. The zero-order chi connectivity index (χ0) is 13.8. The third kappa shape index (κ3) is 3.19. The molecule has 3 unspecified atom stereocenters. The molecule has 0 heterocycles. The van der Waals surface area contributed by atoms with Gasteiger partial charge in [-0.15, -0.1) is 0 Å². The van der Waals surface area contributed by atoms with Crippen molar-refractivity contribution in [2.24, 2.45) is 5.92 Å². The number of phenols is 1. The van der Waals surface area contributed by atoms with Crippen LogP contribution in [0, 0.1) is 5.92 Å². The number of aromatic hydroxyl groups is 1. The summed E-state index contributed by atoms with van der Waals surface area (Å²) < 4.78 is 5.13. The van der Waals surface area contributed by atoms with Gasteiger partial charge >= 0.3 is 0 Å². The summed E-state index contributed by atoms with van der Waals surface area (Å²) in [6, 6.07) is 5.96. The number of ether oxygens (including phenoxy) is 1. The smallest absolute Gasteiger partial charge is 0.160 e. The summed E-state index contributed by atoms with van der Waals surface area (Å²) in [5, 5.41) is 22.5. The molecule has 0 aliphatic heterocycles. The highest BCUT2D eigenvalue weighted by molar-refractivity contribution is 5.42. The first kappa shape index (κ1) is 14.2. The highest BCUT2D eigenvalue weighted by Gasteiger charge is 2.27. The standard InChI is InChI=1S/C15H23NO3/c1-10(16-13-5-3-4-12(13)9-17)11-6-7-14(18)15(8-11)19-2/h6-8,10,12-13,16-18H,3-5,9H2,1-2H3. The molecule has 3 N–H and O–H groups in total. The van der Waals surface area contributed by atoms with Crippen molar-refractivity contribution in [3.63, 3.8) is 0 Å². The van der Waals surface area contributed by atoms with Gasteiger partial charge in [-0.1, -0.05) is 12.5 Å². The summed E-state index contributed by atoms with van der Waals surface area (Å²) in [7, 11) is 1.55. The van der Waals surface area contributed by atoms with E-state index in [-0.39, 0.29) is 18.4 Å². The van der Waals surface area contributed by atoms with E-state index in [9.17, 15) is 10.2 Å². The first-order chi connectivity index (χ1) is 9.15. The summed E-state index contributed by atoms with van der Waals surface area (Å²) in [6.07, 6.45) is 3.39. The summed E-state index contributed by atoms with van der Waals surface area (Å²) in [5.74, 6) is 1.02. The number of hydrogen-bond acceptors (Lipinski definition) is 4. The Morgan fingerprint density at radius 1 is 1.42 bits per heavy atom. The molecule has 0 bridgehead atoms. The fraction of sp³-hybridized carbons (Fsp3) is 0.600. The van der Waals surface area contributed by atoms with E-state index in [1.165, 1.54) is 6.42 Å². The van der Waals surface area contributed by atoms with Crippen LogP contribution in [0.3, 0.4) is 0 Å². The molecule has 1 aliphatic carbocycles. The van der Waals surface area contributed by atoms with Crippen LogP contribution in [0.2, 0.25) is 0 Å². The van der Waals surface area contributed by atoms with Crippen molar-refractivity contribution >= 4 is 0 Å². The summed E-state index contributed by atoms with van der Waals surface area (Å²) >= 11 is 0. The second-order valence-corrected chi connectivity index (χ2v) is 5.30. The van der Waals surface area contributed by atoms with Crippen LogP contribution >= 0.6 is 0 Å². The van der Waals surface area contributed by atoms with Crippen LogP contribution in [0.1, 0.15) is 37.8 Å². The van der Waals surface area contributed by atoms with Gasteiger partial charge in [-0.05, 0) is 43.4 Å². The zero-order valence-corrected chi connectivity index (χ0v) is 11.6. The summed E-state index contributed by atoms with van der Waals surface area (Å²) in [5.41, 5.74) is 1.08. The Balaban J connectivity index is 2.05. The third-order valence-corrected chi connectivity index (χ3v) is 4.06. The highest BCUT2D eigenvalue weighted by Crippen LogP contribution is 2.31. The Bertz CT molecular complexity index is 422. The van der Waals surface area contributed by atoms with E-state index in [0.717, 1.165) is 18.4 Å². The maximum absolute atomic E-state index is 9.60. The molecule has 1 saturated carbocycles. The first-order valence-corrected chi connectivity index (χ1v) is 6.89. The van der Waals surface area contributed by atoms with E-state index in [1.54, 1.807) is 13.2 Å². The van der Waals surface area contributed by atoms with Crippen molar-refractivity contribution in [3.05, 3.63) is 23.8 Å². The molecule has 106 valence electrons. The Morgan fingerprint density at radius 3 is 2.89 bits per heavy atom. The predicted octanol–water partition coefficient (Wildman–Crippen LogP) is 2.21. The molecule has 0 radical (unpaired) electrons. The van der Waals surface area contributed by atoms with Crippen LogP contribution in [0.4, 0.5) is 0 Å². The number of hydrogen-bond donors (Lipinski definition) is 3. The van der Waals surface area contributed by atoms with Gasteiger partial charge in [0.05, 0.1) is 7.11 Å². The minimum Gasteiger partial charge on any atom is -0.504 e. The molecule has 2 rings (SSSR count). The second-order valence-electron chi connectivity index (χ2n) is 5.30. The van der Waals surface area contributed by atoms with Crippen molar-refractivity contribution in [1.29, 1.82) is 0 Å². The van der Waals surface area contributed by atoms with Gasteiger partial charge < -0.3 is 20.3 Å². The number of methoxy groups -OCH3 is 1. The SMILES string of the molecule is COc1cc(C(C)NC2CCCC2CO)ccc1O. The van der Waals surface area contributed by atoms with Crippen LogP contribution in [-0.4, -0.2) is 30.0 Å². The molecule has 1 aliphatic rings. The normalized spacial score (nSPS) is 24.4. The molecular weight excluding hydrogens is 242 g/mol. The number of nitrogens with one attached hydrogen (secondary N) is 1. The quantitative estimate of drug-likeness (QED) is 0.764.